The van der Waals surface area contributed by atoms with Crippen molar-refractivity contribution in [2.75, 3.05) is 19.8 Å². The van der Waals surface area contributed by atoms with E-state index in [9.17, 15) is 9.36 Å². The van der Waals surface area contributed by atoms with E-state index >= 15 is 0 Å². The standard InChI is InChI=1S/C35H60NO5P/c1-25(2)12-11-13-26(3)30-16-17-31-29-15-14-27-24-28(18-20-34(27,4)32(29)19-21-35(30,31)5)41-33(37)36-22-9-7-8-10-23-40-42(6,38)39/h14-15,25-26,28,30-32H,7-13,16-24H2,1-6H3,(H,36,37)(H,38,39)/t26-,28+,30-,31?,32?,34+,35-/m1/s1. The summed E-state index contributed by atoms with van der Waals surface area (Å²) in [5, 5.41) is 2.92. The lowest BCUT2D eigenvalue weighted by molar-refractivity contribution is 0.0251. The number of hydrogen-bond donors (Lipinski definition) is 2. The second kappa shape index (κ2) is 14.3. The molecule has 4 aliphatic rings. The summed E-state index contributed by atoms with van der Waals surface area (Å²) >= 11 is 0. The van der Waals surface area contributed by atoms with Gasteiger partial charge in [0.2, 0.25) is 0 Å². The second-order valence-electron chi connectivity index (χ2n) is 15.2. The molecule has 7 heteroatoms. The number of rotatable bonds is 14. The van der Waals surface area contributed by atoms with Gasteiger partial charge in [0.1, 0.15) is 6.10 Å². The van der Waals surface area contributed by atoms with Crippen LogP contribution >= 0.6 is 7.60 Å². The molecule has 0 aromatic carbocycles. The Hall–Kier alpha value is -1.10. The van der Waals surface area contributed by atoms with Gasteiger partial charge in [-0.15, -0.1) is 0 Å². The van der Waals surface area contributed by atoms with Gasteiger partial charge in [0.05, 0.1) is 6.61 Å². The first-order chi connectivity index (χ1) is 19.8. The average Bonchev–Trinajstić information content (AvgIpc) is 3.27. The molecule has 240 valence electrons. The predicted octanol–water partition coefficient (Wildman–Crippen LogP) is 9.43. The smallest absolute Gasteiger partial charge is 0.407 e. The van der Waals surface area contributed by atoms with E-state index in [0.717, 1.165) is 68.6 Å². The number of nitrogens with one attached hydrogen (secondary N) is 1. The summed E-state index contributed by atoms with van der Waals surface area (Å²) in [6.07, 6.45) is 20.4. The van der Waals surface area contributed by atoms with Gasteiger partial charge < -0.3 is 19.5 Å². The Bertz CT molecular complexity index is 1030. The molecule has 0 bridgehead atoms. The fourth-order valence-electron chi connectivity index (χ4n) is 9.29. The first-order valence-corrected chi connectivity index (χ1v) is 19.2. The van der Waals surface area contributed by atoms with Crippen molar-refractivity contribution in [1.82, 2.24) is 5.32 Å². The van der Waals surface area contributed by atoms with Gasteiger partial charge in [-0.25, -0.2) is 4.79 Å². The van der Waals surface area contributed by atoms with Crippen LogP contribution in [0.4, 0.5) is 4.79 Å². The Morgan fingerprint density at radius 2 is 1.76 bits per heavy atom. The summed E-state index contributed by atoms with van der Waals surface area (Å²) in [6.45, 7) is 14.5. The molecular formula is C35H60NO5P. The van der Waals surface area contributed by atoms with Gasteiger partial charge in [-0.3, -0.25) is 4.57 Å². The van der Waals surface area contributed by atoms with Gasteiger partial charge in [-0.2, -0.15) is 0 Å². The number of unbranched alkanes of at least 4 members (excludes halogenated alkanes) is 3. The summed E-state index contributed by atoms with van der Waals surface area (Å²) in [6, 6.07) is 0. The zero-order valence-electron chi connectivity index (χ0n) is 27.5. The highest BCUT2D eigenvalue weighted by Gasteiger charge is 2.57. The van der Waals surface area contributed by atoms with Crippen LogP contribution in [0, 0.1) is 40.4 Å². The summed E-state index contributed by atoms with van der Waals surface area (Å²) < 4.78 is 21.9. The van der Waals surface area contributed by atoms with E-state index in [0.29, 0.717) is 24.5 Å². The molecule has 4 aliphatic carbocycles. The lowest BCUT2D eigenvalue weighted by Gasteiger charge is -2.55. The van der Waals surface area contributed by atoms with Crippen molar-refractivity contribution in [2.24, 2.45) is 40.4 Å². The SMILES string of the molecule is CC(C)CCC[C@@H](C)[C@H]1CCC2C3=CC=C4C[C@@H](OC(=O)NCCCCCCOP(C)(=O)O)CC[C@]4(C)C3CC[C@@]21C. The highest BCUT2D eigenvalue weighted by molar-refractivity contribution is 7.51. The number of ether oxygens (including phenoxy) is 1. The molecule has 4 rings (SSSR count). The third kappa shape index (κ3) is 8.13. The first kappa shape index (κ1) is 33.8. The molecule has 0 aliphatic heterocycles. The van der Waals surface area contributed by atoms with Crippen LogP contribution in [0.3, 0.4) is 0 Å². The molecule has 8 atom stereocenters. The first-order valence-electron chi connectivity index (χ1n) is 17.1. The Balaban J connectivity index is 1.25. The minimum Gasteiger partial charge on any atom is -0.446 e. The predicted molar refractivity (Wildman–Crippen MR) is 171 cm³/mol. The van der Waals surface area contributed by atoms with Gasteiger partial charge in [-0.1, -0.05) is 90.0 Å². The molecule has 0 aromatic heterocycles. The number of allylic oxidation sites excluding steroid dienone is 3. The lowest BCUT2D eigenvalue weighted by atomic mass is 9.50. The van der Waals surface area contributed by atoms with Crippen molar-refractivity contribution < 1.29 is 23.5 Å². The largest absolute Gasteiger partial charge is 0.446 e. The normalized spacial score (nSPS) is 34.4. The van der Waals surface area contributed by atoms with E-state index in [-0.39, 0.29) is 17.6 Å². The zero-order valence-corrected chi connectivity index (χ0v) is 28.4. The minimum atomic E-state index is -3.38. The van der Waals surface area contributed by atoms with Crippen LogP contribution in [-0.4, -0.2) is 36.9 Å². The van der Waals surface area contributed by atoms with E-state index in [4.69, 9.17) is 14.2 Å². The van der Waals surface area contributed by atoms with E-state index in [1.165, 1.54) is 57.2 Å². The molecule has 0 saturated heterocycles. The van der Waals surface area contributed by atoms with Crippen LogP contribution in [-0.2, 0) is 13.8 Å². The Morgan fingerprint density at radius 1 is 1.00 bits per heavy atom. The number of alkyl carbamates (subject to hydrolysis) is 1. The van der Waals surface area contributed by atoms with Crippen molar-refractivity contribution >= 4 is 13.7 Å². The van der Waals surface area contributed by atoms with Crippen molar-refractivity contribution in [2.45, 2.75) is 131 Å². The zero-order chi connectivity index (χ0) is 30.5. The Morgan fingerprint density at radius 3 is 2.50 bits per heavy atom. The maximum atomic E-state index is 12.5. The quantitative estimate of drug-likeness (QED) is 0.152. The van der Waals surface area contributed by atoms with Crippen LogP contribution in [0.5, 0.6) is 0 Å². The summed E-state index contributed by atoms with van der Waals surface area (Å²) in [4.78, 5) is 21.7. The van der Waals surface area contributed by atoms with Crippen molar-refractivity contribution in [3.63, 3.8) is 0 Å². The molecule has 0 radical (unpaired) electrons. The van der Waals surface area contributed by atoms with Crippen LogP contribution in [0.1, 0.15) is 125 Å². The lowest BCUT2D eigenvalue weighted by Crippen LogP contribution is -2.47. The minimum absolute atomic E-state index is 0.0453. The molecule has 42 heavy (non-hydrogen) atoms. The highest BCUT2D eigenvalue weighted by atomic mass is 31.2. The number of carbonyl (C=O) groups is 1. The molecule has 3 fully saturated rings. The molecule has 3 saturated carbocycles. The summed E-state index contributed by atoms with van der Waals surface area (Å²) in [5.41, 5.74) is 3.89. The third-order valence-electron chi connectivity index (χ3n) is 11.7. The van der Waals surface area contributed by atoms with Crippen molar-refractivity contribution in [3.05, 3.63) is 23.3 Å². The topological polar surface area (TPSA) is 84.9 Å². The van der Waals surface area contributed by atoms with Crippen molar-refractivity contribution in [1.29, 1.82) is 0 Å². The fraction of sp³-hybridized carbons (Fsp3) is 0.857. The Labute approximate surface area is 256 Å². The van der Waals surface area contributed by atoms with Gasteiger partial charge in [0, 0.05) is 19.6 Å². The van der Waals surface area contributed by atoms with E-state index < -0.39 is 7.60 Å². The van der Waals surface area contributed by atoms with Crippen LogP contribution < -0.4 is 5.32 Å². The molecule has 6 nitrogen and oxygen atoms in total. The number of hydrogen-bond acceptors (Lipinski definition) is 4. The van der Waals surface area contributed by atoms with Gasteiger partial charge in [-0.05, 0) is 91.8 Å². The molecule has 3 unspecified atom stereocenters. The van der Waals surface area contributed by atoms with E-state index in [1.807, 2.05) is 0 Å². The van der Waals surface area contributed by atoms with E-state index in [2.05, 4.69) is 52.1 Å². The number of amides is 1. The molecule has 0 aromatic rings. The van der Waals surface area contributed by atoms with Crippen LogP contribution in [0.25, 0.3) is 0 Å². The summed E-state index contributed by atoms with van der Waals surface area (Å²) in [5.74, 6) is 3.87. The molecule has 0 heterocycles. The molecule has 0 spiro atoms. The van der Waals surface area contributed by atoms with E-state index in [1.54, 1.807) is 5.57 Å². The molecule has 2 N–H and O–H groups in total. The van der Waals surface area contributed by atoms with Crippen molar-refractivity contribution in [3.8, 4) is 0 Å². The molecule has 1 amide bonds. The van der Waals surface area contributed by atoms with Gasteiger partial charge >= 0.3 is 13.7 Å². The third-order valence-corrected chi connectivity index (χ3v) is 12.3. The number of carbonyl (C=O) groups excluding carboxylic acids is 1. The maximum absolute atomic E-state index is 12.5. The highest BCUT2D eigenvalue weighted by Crippen LogP contribution is 2.66. The molecular weight excluding hydrogens is 545 g/mol. The van der Waals surface area contributed by atoms with Gasteiger partial charge in [0.15, 0.2) is 0 Å². The Kier molecular flexibility index (Phi) is 11.5. The average molecular weight is 606 g/mol. The second-order valence-corrected chi connectivity index (χ2v) is 17.0. The van der Waals surface area contributed by atoms with Crippen LogP contribution in [0.15, 0.2) is 23.3 Å². The fourth-order valence-corrected chi connectivity index (χ4v) is 9.76. The van der Waals surface area contributed by atoms with Gasteiger partial charge in [0.25, 0.3) is 0 Å². The summed E-state index contributed by atoms with van der Waals surface area (Å²) in [7, 11) is -3.38. The monoisotopic (exact) mass is 605 g/mol. The van der Waals surface area contributed by atoms with Crippen LogP contribution in [0.2, 0.25) is 0 Å². The maximum Gasteiger partial charge on any atom is 0.407 e. The number of fused-ring (bicyclic) bond motifs is 5.